The SMILES string of the molecule is COC1CCC[Si](OC)(OC)O1. The molecule has 12 heavy (non-hydrogen) atoms. The molecule has 0 bridgehead atoms. The summed E-state index contributed by atoms with van der Waals surface area (Å²) in [6, 6.07) is 0.889. The fourth-order valence-corrected chi connectivity index (χ4v) is 3.49. The van der Waals surface area contributed by atoms with Crippen molar-refractivity contribution in [1.29, 1.82) is 0 Å². The molecule has 1 unspecified atom stereocenters. The van der Waals surface area contributed by atoms with Crippen molar-refractivity contribution in [3.8, 4) is 0 Å². The van der Waals surface area contributed by atoms with Crippen LogP contribution >= 0.6 is 0 Å². The highest BCUT2D eigenvalue weighted by Gasteiger charge is 2.44. The van der Waals surface area contributed by atoms with E-state index in [0.717, 1.165) is 18.9 Å². The van der Waals surface area contributed by atoms with Crippen molar-refractivity contribution in [2.24, 2.45) is 0 Å². The van der Waals surface area contributed by atoms with Crippen LogP contribution in [0.15, 0.2) is 0 Å². The molecule has 1 atom stereocenters. The van der Waals surface area contributed by atoms with Gasteiger partial charge in [0.05, 0.1) is 0 Å². The van der Waals surface area contributed by atoms with E-state index >= 15 is 0 Å². The fourth-order valence-electron chi connectivity index (χ4n) is 1.35. The van der Waals surface area contributed by atoms with E-state index in [1.54, 1.807) is 21.3 Å². The van der Waals surface area contributed by atoms with Crippen LogP contribution in [0.1, 0.15) is 12.8 Å². The predicted molar refractivity (Wildman–Crippen MR) is 45.7 cm³/mol. The van der Waals surface area contributed by atoms with Gasteiger partial charge >= 0.3 is 8.80 Å². The highest BCUT2D eigenvalue weighted by molar-refractivity contribution is 6.60. The molecule has 0 N–H and O–H groups in total. The second-order valence-electron chi connectivity index (χ2n) is 2.77. The van der Waals surface area contributed by atoms with Gasteiger partial charge in [0.2, 0.25) is 0 Å². The van der Waals surface area contributed by atoms with Crippen LogP contribution in [0.25, 0.3) is 0 Å². The van der Waals surface area contributed by atoms with Crippen LogP contribution in [-0.2, 0) is 18.0 Å². The maximum absolute atomic E-state index is 5.59. The summed E-state index contributed by atoms with van der Waals surface area (Å²) < 4.78 is 21.2. The molecule has 1 heterocycles. The molecular weight excluding hydrogens is 176 g/mol. The summed E-state index contributed by atoms with van der Waals surface area (Å²) in [7, 11) is 2.57. The van der Waals surface area contributed by atoms with E-state index in [1.165, 1.54) is 0 Å². The molecule has 4 nitrogen and oxygen atoms in total. The van der Waals surface area contributed by atoms with Crippen molar-refractivity contribution in [3.63, 3.8) is 0 Å². The first kappa shape index (κ1) is 10.1. The van der Waals surface area contributed by atoms with Crippen LogP contribution in [0, 0.1) is 0 Å². The molecule has 1 fully saturated rings. The quantitative estimate of drug-likeness (QED) is 0.625. The van der Waals surface area contributed by atoms with Crippen LogP contribution in [-0.4, -0.2) is 36.4 Å². The first-order chi connectivity index (χ1) is 5.76. The Hall–Kier alpha value is 0.0569. The smallest absolute Gasteiger partial charge is 0.377 e. The van der Waals surface area contributed by atoms with Crippen LogP contribution in [0.5, 0.6) is 0 Å². The number of hydrogen-bond acceptors (Lipinski definition) is 4. The van der Waals surface area contributed by atoms with Crippen LogP contribution < -0.4 is 0 Å². The van der Waals surface area contributed by atoms with Gasteiger partial charge in [-0.3, -0.25) is 0 Å². The minimum absolute atomic E-state index is 0.148. The first-order valence-electron chi connectivity index (χ1n) is 4.07. The second kappa shape index (κ2) is 4.34. The molecule has 0 spiro atoms. The van der Waals surface area contributed by atoms with Crippen LogP contribution in [0.3, 0.4) is 0 Å². The van der Waals surface area contributed by atoms with E-state index in [1.807, 2.05) is 0 Å². The average molecular weight is 192 g/mol. The van der Waals surface area contributed by atoms with Gasteiger partial charge in [0, 0.05) is 27.4 Å². The Morgan fingerprint density at radius 2 is 1.92 bits per heavy atom. The van der Waals surface area contributed by atoms with Gasteiger partial charge in [-0.1, -0.05) is 0 Å². The Bertz CT molecular complexity index is 137. The van der Waals surface area contributed by atoms with E-state index in [4.69, 9.17) is 18.0 Å². The van der Waals surface area contributed by atoms with Gasteiger partial charge in [0.15, 0.2) is 6.29 Å². The number of ether oxygens (including phenoxy) is 1. The van der Waals surface area contributed by atoms with Gasteiger partial charge in [-0.25, -0.2) is 0 Å². The van der Waals surface area contributed by atoms with E-state index in [2.05, 4.69) is 0 Å². The summed E-state index contributed by atoms with van der Waals surface area (Å²) in [6.45, 7) is 0. The summed E-state index contributed by atoms with van der Waals surface area (Å²) in [5, 5.41) is 0. The largest absolute Gasteiger partial charge is 0.502 e. The maximum Gasteiger partial charge on any atom is 0.502 e. The number of hydrogen-bond donors (Lipinski definition) is 0. The van der Waals surface area contributed by atoms with E-state index in [-0.39, 0.29) is 6.29 Å². The normalized spacial score (nSPS) is 28.8. The van der Waals surface area contributed by atoms with E-state index in [9.17, 15) is 0 Å². The molecule has 1 rings (SSSR count). The van der Waals surface area contributed by atoms with Gasteiger partial charge in [0.25, 0.3) is 0 Å². The van der Waals surface area contributed by atoms with Gasteiger partial charge in [-0.05, 0) is 12.8 Å². The van der Waals surface area contributed by atoms with Gasteiger partial charge in [0.1, 0.15) is 0 Å². The predicted octanol–water partition coefficient (Wildman–Crippen LogP) is 1.00. The van der Waals surface area contributed by atoms with Crippen LogP contribution in [0.4, 0.5) is 0 Å². The standard InChI is InChI=1S/C7H16O4Si/c1-8-7-5-4-6-12(9-2,10-3)11-7/h7H,4-6H2,1-3H3. The lowest BCUT2D eigenvalue weighted by Crippen LogP contribution is -2.49. The monoisotopic (exact) mass is 192 g/mol. The molecule has 0 amide bonds. The lowest BCUT2D eigenvalue weighted by molar-refractivity contribution is -0.110. The second-order valence-corrected chi connectivity index (χ2v) is 5.68. The zero-order valence-corrected chi connectivity index (χ0v) is 8.83. The summed E-state index contributed by atoms with van der Waals surface area (Å²) in [5.74, 6) is 0. The zero-order valence-electron chi connectivity index (χ0n) is 7.83. The molecule has 0 saturated carbocycles. The van der Waals surface area contributed by atoms with Crippen molar-refractivity contribution in [3.05, 3.63) is 0 Å². The third-order valence-corrected chi connectivity index (χ3v) is 4.95. The molecular formula is C7H16O4Si. The molecule has 1 saturated heterocycles. The van der Waals surface area contributed by atoms with Gasteiger partial charge in [-0.2, -0.15) is 0 Å². The number of methoxy groups -OCH3 is 1. The summed E-state index contributed by atoms with van der Waals surface area (Å²) in [4.78, 5) is 0. The fraction of sp³-hybridized carbons (Fsp3) is 1.00. The van der Waals surface area contributed by atoms with Crippen molar-refractivity contribution >= 4 is 8.80 Å². The highest BCUT2D eigenvalue weighted by Crippen LogP contribution is 2.26. The molecule has 0 aromatic heterocycles. The Labute approximate surface area is 74.1 Å². The molecule has 1 aliphatic rings. The third kappa shape index (κ3) is 2.05. The average Bonchev–Trinajstić information content (AvgIpc) is 2.18. The Morgan fingerprint density at radius 1 is 1.25 bits per heavy atom. The summed E-state index contributed by atoms with van der Waals surface area (Å²) in [5.41, 5.74) is 0. The maximum atomic E-state index is 5.59. The lowest BCUT2D eigenvalue weighted by atomic mass is 10.3. The van der Waals surface area contributed by atoms with Crippen molar-refractivity contribution in [2.75, 3.05) is 21.3 Å². The highest BCUT2D eigenvalue weighted by atomic mass is 28.4. The Morgan fingerprint density at radius 3 is 2.42 bits per heavy atom. The Balaban J connectivity index is 2.52. The van der Waals surface area contributed by atoms with Crippen molar-refractivity contribution < 1.29 is 18.0 Å². The van der Waals surface area contributed by atoms with Crippen LogP contribution in [0.2, 0.25) is 6.04 Å². The molecule has 0 aromatic rings. The van der Waals surface area contributed by atoms with Gasteiger partial charge < -0.3 is 18.0 Å². The third-order valence-electron chi connectivity index (χ3n) is 2.12. The topological polar surface area (TPSA) is 36.9 Å². The molecule has 1 aliphatic heterocycles. The summed E-state index contributed by atoms with van der Waals surface area (Å²) >= 11 is 0. The zero-order chi connectivity index (χ0) is 9.03. The molecule has 0 aromatic carbocycles. The molecule has 0 radical (unpaired) electrons. The minimum Gasteiger partial charge on any atom is -0.377 e. The van der Waals surface area contributed by atoms with Crippen molar-refractivity contribution in [1.82, 2.24) is 0 Å². The molecule has 0 aliphatic carbocycles. The first-order valence-corrected chi connectivity index (χ1v) is 6.00. The lowest BCUT2D eigenvalue weighted by Gasteiger charge is -2.34. The molecule has 5 heteroatoms. The van der Waals surface area contributed by atoms with E-state index in [0.29, 0.717) is 0 Å². The van der Waals surface area contributed by atoms with Crippen molar-refractivity contribution in [2.45, 2.75) is 25.2 Å². The molecule has 72 valence electrons. The number of rotatable bonds is 3. The minimum atomic E-state index is -2.34. The van der Waals surface area contributed by atoms with E-state index < -0.39 is 8.80 Å². The summed E-state index contributed by atoms with van der Waals surface area (Å²) in [6.07, 6.45) is 1.83. The Kier molecular flexibility index (Phi) is 3.67. The van der Waals surface area contributed by atoms with Gasteiger partial charge in [-0.15, -0.1) is 0 Å².